The standard InChI is InChI=1S/C13H14N2O/c1-11(9-15-8-7-14-10-15)13(16)12-5-3-2-4-6-12/h2-8,10-11H,9H2,1H3. The van der Waals surface area contributed by atoms with Gasteiger partial charge in [0.2, 0.25) is 0 Å². The van der Waals surface area contributed by atoms with Crippen LogP contribution in [0, 0.1) is 5.92 Å². The molecule has 16 heavy (non-hydrogen) atoms. The number of ketones is 1. The summed E-state index contributed by atoms with van der Waals surface area (Å²) in [6.07, 6.45) is 5.32. The summed E-state index contributed by atoms with van der Waals surface area (Å²) in [7, 11) is 0. The van der Waals surface area contributed by atoms with E-state index in [4.69, 9.17) is 0 Å². The summed E-state index contributed by atoms with van der Waals surface area (Å²) < 4.78 is 1.92. The molecule has 0 saturated heterocycles. The fourth-order valence-corrected chi connectivity index (χ4v) is 1.68. The number of carbonyl (C=O) groups excluding carboxylic acids is 1. The Morgan fingerprint density at radius 2 is 2.12 bits per heavy atom. The van der Waals surface area contributed by atoms with Gasteiger partial charge in [-0.25, -0.2) is 4.98 Å². The maximum atomic E-state index is 12.0. The molecular formula is C13H14N2O. The first-order valence-electron chi connectivity index (χ1n) is 5.32. The summed E-state index contributed by atoms with van der Waals surface area (Å²) in [5.74, 6) is 0.144. The third kappa shape index (κ3) is 2.37. The van der Waals surface area contributed by atoms with Crippen LogP contribution < -0.4 is 0 Å². The largest absolute Gasteiger partial charge is 0.337 e. The summed E-state index contributed by atoms with van der Waals surface area (Å²) in [5, 5.41) is 0. The van der Waals surface area contributed by atoms with Gasteiger partial charge in [-0.2, -0.15) is 0 Å². The summed E-state index contributed by atoms with van der Waals surface area (Å²) in [5.41, 5.74) is 0.773. The number of aromatic nitrogens is 2. The lowest BCUT2D eigenvalue weighted by molar-refractivity contribution is 0.0918. The van der Waals surface area contributed by atoms with Crippen molar-refractivity contribution >= 4 is 5.78 Å². The number of nitrogens with zero attached hydrogens (tertiary/aromatic N) is 2. The maximum absolute atomic E-state index is 12.0. The quantitative estimate of drug-likeness (QED) is 0.732. The van der Waals surface area contributed by atoms with Gasteiger partial charge in [0.25, 0.3) is 0 Å². The molecule has 0 radical (unpaired) electrons. The lowest BCUT2D eigenvalue weighted by Gasteiger charge is -2.10. The topological polar surface area (TPSA) is 34.9 Å². The van der Waals surface area contributed by atoms with E-state index in [0.717, 1.165) is 5.56 Å². The third-order valence-corrected chi connectivity index (χ3v) is 2.55. The van der Waals surface area contributed by atoms with Gasteiger partial charge in [0.15, 0.2) is 5.78 Å². The van der Waals surface area contributed by atoms with E-state index in [1.54, 1.807) is 12.5 Å². The van der Waals surface area contributed by atoms with Crippen molar-refractivity contribution in [1.82, 2.24) is 9.55 Å². The first-order chi connectivity index (χ1) is 7.77. The van der Waals surface area contributed by atoms with E-state index in [0.29, 0.717) is 6.54 Å². The summed E-state index contributed by atoms with van der Waals surface area (Å²) in [6, 6.07) is 9.39. The van der Waals surface area contributed by atoms with Crippen LogP contribution in [0.25, 0.3) is 0 Å². The molecule has 1 heterocycles. The number of rotatable bonds is 4. The Morgan fingerprint density at radius 1 is 1.38 bits per heavy atom. The molecule has 2 rings (SSSR count). The van der Waals surface area contributed by atoms with Crippen molar-refractivity contribution in [2.45, 2.75) is 13.5 Å². The highest BCUT2D eigenvalue weighted by Gasteiger charge is 2.14. The van der Waals surface area contributed by atoms with E-state index in [1.165, 1.54) is 0 Å². The minimum Gasteiger partial charge on any atom is -0.337 e. The highest BCUT2D eigenvalue weighted by atomic mass is 16.1. The van der Waals surface area contributed by atoms with Gasteiger partial charge in [0, 0.05) is 30.4 Å². The molecule has 82 valence electrons. The van der Waals surface area contributed by atoms with Gasteiger partial charge in [0.05, 0.1) is 6.33 Å². The number of Topliss-reactive ketones (excluding diaryl/α,β-unsaturated/α-hetero) is 1. The van der Waals surface area contributed by atoms with E-state index in [2.05, 4.69) is 4.98 Å². The fourth-order valence-electron chi connectivity index (χ4n) is 1.68. The van der Waals surface area contributed by atoms with Crippen molar-refractivity contribution in [2.75, 3.05) is 0 Å². The summed E-state index contributed by atoms with van der Waals surface area (Å²) in [6.45, 7) is 2.61. The predicted molar refractivity (Wildman–Crippen MR) is 62.2 cm³/mol. The Balaban J connectivity index is 2.05. The molecule has 0 spiro atoms. The third-order valence-electron chi connectivity index (χ3n) is 2.55. The van der Waals surface area contributed by atoms with Gasteiger partial charge in [-0.15, -0.1) is 0 Å². The Kier molecular flexibility index (Phi) is 3.15. The van der Waals surface area contributed by atoms with Crippen LogP contribution in [-0.2, 0) is 6.54 Å². The minimum absolute atomic E-state index is 0.0309. The van der Waals surface area contributed by atoms with Crippen LogP contribution in [0.2, 0.25) is 0 Å². The second-order valence-corrected chi connectivity index (χ2v) is 3.89. The second kappa shape index (κ2) is 4.75. The molecular weight excluding hydrogens is 200 g/mol. The number of hydrogen-bond donors (Lipinski definition) is 0. The number of benzene rings is 1. The number of carbonyl (C=O) groups is 1. The van der Waals surface area contributed by atoms with Crippen molar-refractivity contribution in [3.05, 3.63) is 54.6 Å². The van der Waals surface area contributed by atoms with Crippen LogP contribution in [0.3, 0.4) is 0 Å². The minimum atomic E-state index is -0.0309. The Labute approximate surface area is 94.7 Å². The molecule has 0 N–H and O–H groups in total. The molecule has 0 aliphatic carbocycles. The van der Waals surface area contributed by atoms with Gasteiger partial charge in [-0.3, -0.25) is 4.79 Å². The van der Waals surface area contributed by atoms with E-state index >= 15 is 0 Å². The molecule has 1 aromatic heterocycles. The molecule has 1 atom stereocenters. The summed E-state index contributed by atoms with van der Waals surface area (Å²) in [4.78, 5) is 16.0. The first-order valence-corrected chi connectivity index (χ1v) is 5.32. The van der Waals surface area contributed by atoms with Crippen molar-refractivity contribution < 1.29 is 4.79 Å². The fraction of sp³-hybridized carbons (Fsp3) is 0.231. The molecule has 2 aromatic rings. The van der Waals surface area contributed by atoms with E-state index < -0.39 is 0 Å². The Morgan fingerprint density at radius 3 is 2.75 bits per heavy atom. The molecule has 0 bridgehead atoms. The molecule has 0 fully saturated rings. The zero-order valence-corrected chi connectivity index (χ0v) is 9.21. The second-order valence-electron chi connectivity index (χ2n) is 3.89. The van der Waals surface area contributed by atoms with Gasteiger partial charge < -0.3 is 4.57 Å². The van der Waals surface area contributed by atoms with E-state index in [-0.39, 0.29) is 11.7 Å². The molecule has 0 aliphatic rings. The smallest absolute Gasteiger partial charge is 0.167 e. The van der Waals surface area contributed by atoms with Crippen molar-refractivity contribution in [1.29, 1.82) is 0 Å². The van der Waals surface area contributed by atoms with Gasteiger partial charge in [-0.05, 0) is 0 Å². The van der Waals surface area contributed by atoms with Gasteiger partial charge >= 0.3 is 0 Å². The number of imidazole rings is 1. The molecule has 3 heteroatoms. The Bertz CT molecular complexity index is 448. The molecule has 1 aromatic carbocycles. The lowest BCUT2D eigenvalue weighted by Crippen LogP contribution is -2.16. The van der Waals surface area contributed by atoms with Crippen LogP contribution in [0.5, 0.6) is 0 Å². The normalized spacial score (nSPS) is 12.3. The van der Waals surface area contributed by atoms with Crippen molar-refractivity contribution in [3.63, 3.8) is 0 Å². The van der Waals surface area contributed by atoms with Gasteiger partial charge in [0.1, 0.15) is 0 Å². The van der Waals surface area contributed by atoms with Gasteiger partial charge in [-0.1, -0.05) is 37.3 Å². The monoisotopic (exact) mass is 214 g/mol. The van der Waals surface area contributed by atoms with Crippen LogP contribution in [0.4, 0.5) is 0 Å². The predicted octanol–water partition coefficient (Wildman–Crippen LogP) is 2.40. The lowest BCUT2D eigenvalue weighted by atomic mass is 9.99. The molecule has 1 unspecified atom stereocenters. The molecule has 3 nitrogen and oxygen atoms in total. The van der Waals surface area contributed by atoms with E-state index in [1.807, 2.05) is 48.0 Å². The van der Waals surface area contributed by atoms with Crippen LogP contribution in [0.15, 0.2) is 49.1 Å². The molecule has 0 amide bonds. The van der Waals surface area contributed by atoms with Crippen molar-refractivity contribution in [3.8, 4) is 0 Å². The van der Waals surface area contributed by atoms with Crippen LogP contribution >= 0.6 is 0 Å². The SMILES string of the molecule is CC(Cn1ccnc1)C(=O)c1ccccc1. The first kappa shape index (κ1) is 10.6. The average molecular weight is 214 g/mol. The zero-order valence-electron chi connectivity index (χ0n) is 9.21. The molecule has 0 aliphatic heterocycles. The number of hydrogen-bond acceptors (Lipinski definition) is 2. The van der Waals surface area contributed by atoms with Crippen LogP contribution in [-0.4, -0.2) is 15.3 Å². The average Bonchev–Trinajstić information content (AvgIpc) is 2.82. The summed E-state index contributed by atoms with van der Waals surface area (Å²) >= 11 is 0. The van der Waals surface area contributed by atoms with Crippen LogP contribution in [0.1, 0.15) is 17.3 Å². The Hall–Kier alpha value is -1.90. The van der Waals surface area contributed by atoms with Crippen molar-refractivity contribution in [2.24, 2.45) is 5.92 Å². The highest BCUT2D eigenvalue weighted by molar-refractivity contribution is 5.97. The van der Waals surface area contributed by atoms with E-state index in [9.17, 15) is 4.79 Å². The highest BCUT2D eigenvalue weighted by Crippen LogP contribution is 2.10. The molecule has 0 saturated carbocycles. The zero-order chi connectivity index (χ0) is 11.4. The maximum Gasteiger partial charge on any atom is 0.167 e.